The lowest BCUT2D eigenvalue weighted by Crippen LogP contribution is -2.11. The van der Waals surface area contributed by atoms with Crippen molar-refractivity contribution in [2.45, 2.75) is 0 Å². The number of thiophene rings is 1. The van der Waals surface area contributed by atoms with E-state index in [0.717, 1.165) is 11.3 Å². The summed E-state index contributed by atoms with van der Waals surface area (Å²) in [4.78, 5) is 5.25. The molecule has 0 unspecified atom stereocenters. The third kappa shape index (κ3) is 3.52. The number of nitrogens with zero attached hydrogens (tertiary/aromatic N) is 3. The summed E-state index contributed by atoms with van der Waals surface area (Å²) in [5.74, 6) is 0.420. The van der Waals surface area contributed by atoms with E-state index in [1.54, 1.807) is 40.6 Å². The molecule has 0 saturated heterocycles. The fourth-order valence-electron chi connectivity index (χ4n) is 2.18. The predicted octanol–water partition coefficient (Wildman–Crippen LogP) is 5.12. The van der Waals surface area contributed by atoms with E-state index in [2.05, 4.69) is 10.1 Å². The molecule has 0 amide bonds. The average Bonchev–Trinajstić information content (AvgIpc) is 3.37. The molecule has 4 nitrogen and oxygen atoms in total. The first-order chi connectivity index (χ1) is 12.3. The second-order valence-electron chi connectivity index (χ2n) is 5.08. The fraction of sp³-hybridized carbons (Fsp3) is 0. The summed E-state index contributed by atoms with van der Waals surface area (Å²) >= 11 is 3.05. The summed E-state index contributed by atoms with van der Waals surface area (Å²) < 4.78 is 20.3. The minimum Gasteiger partial charge on any atom is -0.463 e. The van der Waals surface area contributed by atoms with Gasteiger partial charge in [0.15, 0.2) is 5.76 Å². The van der Waals surface area contributed by atoms with Crippen molar-refractivity contribution in [3.05, 3.63) is 81.0 Å². The number of halogens is 1. The van der Waals surface area contributed by atoms with Gasteiger partial charge in [-0.3, -0.25) is 0 Å². The van der Waals surface area contributed by atoms with Crippen molar-refractivity contribution in [2.75, 3.05) is 0 Å². The molecule has 4 rings (SSSR count). The zero-order chi connectivity index (χ0) is 17.1. The average molecular weight is 369 g/mol. The Morgan fingerprint density at radius 2 is 1.96 bits per heavy atom. The SMILES string of the molecule is Fc1ccc(N=c2scc(-c3ccco3)n2N=Cc2ccsc2)cc1. The summed E-state index contributed by atoms with van der Waals surface area (Å²) in [6.45, 7) is 0. The Kier molecular flexibility index (Phi) is 4.41. The molecule has 124 valence electrons. The number of aromatic nitrogens is 1. The molecular weight excluding hydrogens is 357 g/mol. The van der Waals surface area contributed by atoms with Gasteiger partial charge in [0.2, 0.25) is 4.80 Å². The van der Waals surface area contributed by atoms with Gasteiger partial charge in [0.05, 0.1) is 18.2 Å². The van der Waals surface area contributed by atoms with Gasteiger partial charge in [0.1, 0.15) is 11.5 Å². The van der Waals surface area contributed by atoms with Gasteiger partial charge in [-0.25, -0.2) is 14.1 Å². The van der Waals surface area contributed by atoms with Crippen molar-refractivity contribution in [3.63, 3.8) is 0 Å². The van der Waals surface area contributed by atoms with E-state index in [9.17, 15) is 4.39 Å². The van der Waals surface area contributed by atoms with Crippen molar-refractivity contribution in [1.82, 2.24) is 4.68 Å². The highest BCUT2D eigenvalue weighted by atomic mass is 32.1. The molecule has 0 atom stereocenters. The number of thiazole rings is 1. The molecule has 0 aliphatic rings. The summed E-state index contributed by atoms with van der Waals surface area (Å²) in [7, 11) is 0. The van der Waals surface area contributed by atoms with E-state index in [1.807, 2.05) is 34.3 Å². The van der Waals surface area contributed by atoms with Crippen molar-refractivity contribution in [3.8, 4) is 11.5 Å². The molecule has 25 heavy (non-hydrogen) atoms. The number of furan rings is 1. The van der Waals surface area contributed by atoms with Crippen LogP contribution >= 0.6 is 22.7 Å². The normalized spacial score (nSPS) is 12.3. The molecule has 0 fully saturated rings. The minimum atomic E-state index is -0.287. The van der Waals surface area contributed by atoms with E-state index in [-0.39, 0.29) is 5.82 Å². The smallest absolute Gasteiger partial charge is 0.211 e. The Balaban J connectivity index is 1.82. The van der Waals surface area contributed by atoms with Crippen LogP contribution in [0.2, 0.25) is 0 Å². The third-order valence-electron chi connectivity index (χ3n) is 3.38. The molecule has 1 aromatic carbocycles. The van der Waals surface area contributed by atoms with Crippen LogP contribution < -0.4 is 4.80 Å². The molecule has 0 aliphatic heterocycles. The van der Waals surface area contributed by atoms with Gasteiger partial charge in [-0.1, -0.05) is 0 Å². The summed E-state index contributed by atoms with van der Waals surface area (Å²) in [5, 5.41) is 10.5. The van der Waals surface area contributed by atoms with Crippen LogP contribution in [-0.4, -0.2) is 10.9 Å². The van der Waals surface area contributed by atoms with Crippen LogP contribution in [0.1, 0.15) is 5.56 Å². The van der Waals surface area contributed by atoms with Crippen molar-refractivity contribution in [2.24, 2.45) is 10.1 Å². The molecule has 0 bridgehead atoms. The van der Waals surface area contributed by atoms with Gasteiger partial charge in [0.25, 0.3) is 0 Å². The van der Waals surface area contributed by atoms with Crippen LogP contribution in [0.25, 0.3) is 11.5 Å². The Morgan fingerprint density at radius 1 is 1.08 bits per heavy atom. The maximum Gasteiger partial charge on any atom is 0.211 e. The van der Waals surface area contributed by atoms with Gasteiger partial charge in [0, 0.05) is 10.9 Å². The standard InChI is InChI=1S/C18H12FN3OS2/c19-14-3-5-15(6-4-14)21-18-22(20-10-13-7-9-24-11-13)16(12-25-18)17-2-1-8-23-17/h1-12H. The van der Waals surface area contributed by atoms with E-state index in [1.165, 1.54) is 23.5 Å². The first-order valence-corrected chi connectivity index (χ1v) is 9.23. The summed E-state index contributed by atoms with van der Waals surface area (Å²) in [6.07, 6.45) is 3.40. The maximum atomic E-state index is 13.1. The highest BCUT2D eigenvalue weighted by molar-refractivity contribution is 7.08. The van der Waals surface area contributed by atoms with Gasteiger partial charge >= 0.3 is 0 Å². The second kappa shape index (κ2) is 7.00. The lowest BCUT2D eigenvalue weighted by atomic mass is 10.3. The van der Waals surface area contributed by atoms with Gasteiger partial charge in [-0.2, -0.15) is 16.4 Å². The van der Waals surface area contributed by atoms with Crippen LogP contribution in [0.15, 0.2) is 79.4 Å². The molecule has 0 aliphatic carbocycles. The highest BCUT2D eigenvalue weighted by Crippen LogP contribution is 2.21. The second-order valence-corrected chi connectivity index (χ2v) is 6.70. The molecule has 4 aromatic rings. The van der Waals surface area contributed by atoms with Crippen LogP contribution in [0, 0.1) is 5.82 Å². The van der Waals surface area contributed by atoms with Gasteiger partial charge in [-0.05, 0) is 53.2 Å². The zero-order valence-electron chi connectivity index (χ0n) is 12.9. The first kappa shape index (κ1) is 15.7. The van der Waals surface area contributed by atoms with E-state index < -0.39 is 0 Å². The minimum absolute atomic E-state index is 0.287. The van der Waals surface area contributed by atoms with Crippen LogP contribution in [0.3, 0.4) is 0 Å². The van der Waals surface area contributed by atoms with Crippen molar-refractivity contribution in [1.29, 1.82) is 0 Å². The number of hydrogen-bond acceptors (Lipinski definition) is 5. The molecule has 0 spiro atoms. The Bertz CT molecular complexity index is 1040. The van der Waals surface area contributed by atoms with Crippen LogP contribution in [0.5, 0.6) is 0 Å². The first-order valence-electron chi connectivity index (χ1n) is 7.41. The lowest BCUT2D eigenvalue weighted by Gasteiger charge is -2.00. The van der Waals surface area contributed by atoms with Crippen LogP contribution in [-0.2, 0) is 0 Å². The topological polar surface area (TPSA) is 42.8 Å². The van der Waals surface area contributed by atoms with Crippen LogP contribution in [0.4, 0.5) is 10.1 Å². The molecule has 3 heterocycles. The van der Waals surface area contributed by atoms with E-state index in [0.29, 0.717) is 16.2 Å². The van der Waals surface area contributed by atoms with E-state index >= 15 is 0 Å². The molecular formula is C18H12FN3OS2. The van der Waals surface area contributed by atoms with Crippen molar-refractivity contribution < 1.29 is 8.81 Å². The summed E-state index contributed by atoms with van der Waals surface area (Å²) in [6, 6.07) is 11.7. The zero-order valence-corrected chi connectivity index (χ0v) is 14.5. The quantitative estimate of drug-likeness (QED) is 0.460. The lowest BCUT2D eigenvalue weighted by molar-refractivity contribution is 0.575. The van der Waals surface area contributed by atoms with E-state index in [4.69, 9.17) is 4.42 Å². The molecule has 0 saturated carbocycles. The molecule has 0 radical (unpaired) electrons. The Labute approximate surface area is 150 Å². The monoisotopic (exact) mass is 369 g/mol. The van der Waals surface area contributed by atoms with Crippen molar-refractivity contribution >= 4 is 34.6 Å². The number of rotatable bonds is 4. The highest BCUT2D eigenvalue weighted by Gasteiger charge is 2.10. The Hall–Kier alpha value is -2.77. The molecule has 0 N–H and O–H groups in total. The Morgan fingerprint density at radius 3 is 2.68 bits per heavy atom. The largest absolute Gasteiger partial charge is 0.463 e. The molecule has 7 heteroatoms. The molecule has 3 aromatic heterocycles. The van der Waals surface area contributed by atoms with Gasteiger partial charge in [-0.15, -0.1) is 11.3 Å². The predicted molar refractivity (Wildman–Crippen MR) is 98.9 cm³/mol. The summed E-state index contributed by atoms with van der Waals surface area (Å²) in [5.41, 5.74) is 2.48. The third-order valence-corrected chi connectivity index (χ3v) is 4.89. The maximum absolute atomic E-state index is 13.1. The number of hydrogen-bond donors (Lipinski definition) is 0. The fourth-order valence-corrected chi connectivity index (χ4v) is 3.63. The van der Waals surface area contributed by atoms with Gasteiger partial charge < -0.3 is 4.42 Å². The number of benzene rings is 1.